The number of benzene rings is 1. The Bertz CT molecular complexity index is 668. The first-order chi connectivity index (χ1) is 9.25. The normalized spacial score (nSPS) is 14.2. The van der Waals surface area contributed by atoms with Crippen LogP contribution in [0.3, 0.4) is 0 Å². The molecule has 3 nitrogen and oxygen atoms in total. The molecule has 1 aliphatic heterocycles. The number of aromatic nitrogens is 1. The summed E-state index contributed by atoms with van der Waals surface area (Å²) in [5, 5.41) is 3.78. The maximum absolute atomic E-state index is 6.24. The number of hydrogen-bond donors (Lipinski definition) is 1. The molecule has 0 amide bonds. The largest absolute Gasteiger partial charge is 0.347 e. The second-order valence-electron chi connectivity index (χ2n) is 4.09. The number of nitrogens with one attached hydrogen (secondary N) is 1. The third kappa shape index (κ3) is 2.37. The highest BCUT2D eigenvalue weighted by atomic mass is 35.5. The van der Waals surface area contributed by atoms with Crippen LogP contribution in [0.5, 0.6) is 0 Å². The Balaban J connectivity index is 2.21. The van der Waals surface area contributed by atoms with Crippen molar-refractivity contribution in [3.05, 3.63) is 58.9 Å². The molecule has 2 aromatic rings. The molecule has 0 spiro atoms. The zero-order chi connectivity index (χ0) is 13.2. The predicted molar refractivity (Wildman–Crippen MR) is 82.4 cm³/mol. The topological polar surface area (TPSA) is 37.3 Å². The van der Waals surface area contributed by atoms with Gasteiger partial charge in [0.15, 0.2) is 0 Å². The standard InChI is InChI=1S/C14H10ClN3S/c15-10-5-3-4-9-13(10)18-12(19)8-17-14(9)11-6-1-2-7-16-11/h1-7H,8H2,(H,18,19). The minimum Gasteiger partial charge on any atom is -0.347 e. The van der Waals surface area contributed by atoms with Gasteiger partial charge in [-0.1, -0.05) is 42.0 Å². The summed E-state index contributed by atoms with van der Waals surface area (Å²) in [7, 11) is 0. The summed E-state index contributed by atoms with van der Waals surface area (Å²) in [6.45, 7) is 0.437. The Morgan fingerprint density at radius 2 is 2.05 bits per heavy atom. The minimum absolute atomic E-state index is 0.437. The van der Waals surface area contributed by atoms with Gasteiger partial charge in [0.2, 0.25) is 0 Å². The van der Waals surface area contributed by atoms with E-state index in [2.05, 4.69) is 15.3 Å². The van der Waals surface area contributed by atoms with Crippen molar-refractivity contribution in [2.45, 2.75) is 0 Å². The number of benzodiazepines with no additional fused rings is 1. The van der Waals surface area contributed by atoms with Gasteiger partial charge in [-0.3, -0.25) is 9.98 Å². The number of thiocarbonyl (C=S) groups is 1. The van der Waals surface area contributed by atoms with Crippen molar-refractivity contribution in [2.75, 3.05) is 11.9 Å². The van der Waals surface area contributed by atoms with E-state index in [0.29, 0.717) is 16.6 Å². The molecule has 0 atom stereocenters. The van der Waals surface area contributed by atoms with E-state index in [9.17, 15) is 0 Å². The van der Waals surface area contributed by atoms with Crippen molar-refractivity contribution in [1.29, 1.82) is 0 Å². The van der Waals surface area contributed by atoms with E-state index in [1.54, 1.807) is 6.20 Å². The number of fused-ring (bicyclic) bond motifs is 1. The first kappa shape index (κ1) is 12.3. The number of nitrogens with zero attached hydrogens (tertiary/aromatic N) is 2. The fourth-order valence-corrected chi connectivity index (χ4v) is 2.37. The fourth-order valence-electron chi connectivity index (χ4n) is 1.99. The molecule has 0 radical (unpaired) electrons. The Morgan fingerprint density at radius 1 is 1.16 bits per heavy atom. The molecule has 2 heterocycles. The van der Waals surface area contributed by atoms with Crippen LogP contribution >= 0.6 is 23.8 Å². The van der Waals surface area contributed by atoms with E-state index in [-0.39, 0.29) is 0 Å². The summed E-state index contributed by atoms with van der Waals surface area (Å²) in [5.74, 6) is 0. The molecule has 1 aromatic carbocycles. The molecule has 0 saturated heterocycles. The lowest BCUT2D eigenvalue weighted by atomic mass is 10.0. The molecule has 0 saturated carbocycles. The SMILES string of the molecule is S=C1CN=C(c2ccccn2)c2cccc(Cl)c2N1. The molecular weight excluding hydrogens is 278 g/mol. The van der Waals surface area contributed by atoms with Crippen LogP contribution in [0.4, 0.5) is 5.69 Å². The molecule has 0 aliphatic carbocycles. The van der Waals surface area contributed by atoms with Crippen LogP contribution < -0.4 is 5.32 Å². The maximum atomic E-state index is 6.24. The van der Waals surface area contributed by atoms with Gasteiger partial charge in [-0.25, -0.2) is 0 Å². The summed E-state index contributed by atoms with van der Waals surface area (Å²) in [6.07, 6.45) is 1.75. The molecule has 19 heavy (non-hydrogen) atoms. The summed E-state index contributed by atoms with van der Waals surface area (Å²) >= 11 is 11.5. The first-order valence-electron chi connectivity index (χ1n) is 5.80. The van der Waals surface area contributed by atoms with Gasteiger partial charge in [0, 0.05) is 11.8 Å². The lowest BCUT2D eigenvalue weighted by Crippen LogP contribution is -2.11. The Kier molecular flexibility index (Phi) is 3.27. The van der Waals surface area contributed by atoms with Gasteiger partial charge in [-0.05, 0) is 18.2 Å². The number of para-hydroxylation sites is 1. The summed E-state index contributed by atoms with van der Waals surface area (Å²) < 4.78 is 0. The van der Waals surface area contributed by atoms with Gasteiger partial charge in [-0.2, -0.15) is 0 Å². The second kappa shape index (κ2) is 5.07. The predicted octanol–water partition coefficient (Wildman–Crippen LogP) is 3.33. The fraction of sp³-hybridized carbons (Fsp3) is 0.0714. The molecule has 1 aromatic heterocycles. The highest BCUT2D eigenvalue weighted by Crippen LogP contribution is 2.29. The molecule has 1 N–H and O–H groups in total. The minimum atomic E-state index is 0.437. The molecule has 3 rings (SSSR count). The van der Waals surface area contributed by atoms with Gasteiger partial charge in [-0.15, -0.1) is 0 Å². The molecule has 0 unspecified atom stereocenters. The average molecular weight is 288 g/mol. The van der Waals surface area contributed by atoms with Crippen LogP contribution in [0.1, 0.15) is 11.3 Å². The van der Waals surface area contributed by atoms with Crippen molar-refractivity contribution in [3.63, 3.8) is 0 Å². The average Bonchev–Trinajstić information content (AvgIpc) is 2.60. The molecule has 5 heteroatoms. The van der Waals surface area contributed by atoms with Crippen LogP contribution in [0, 0.1) is 0 Å². The van der Waals surface area contributed by atoms with Crippen molar-refractivity contribution in [1.82, 2.24) is 4.98 Å². The van der Waals surface area contributed by atoms with Crippen LogP contribution in [-0.4, -0.2) is 22.2 Å². The van der Waals surface area contributed by atoms with Crippen molar-refractivity contribution in [2.24, 2.45) is 4.99 Å². The summed E-state index contributed by atoms with van der Waals surface area (Å²) in [6, 6.07) is 11.4. The zero-order valence-electron chi connectivity index (χ0n) is 9.93. The summed E-state index contributed by atoms with van der Waals surface area (Å²) in [4.78, 5) is 9.55. The van der Waals surface area contributed by atoms with Crippen LogP contribution in [0.25, 0.3) is 0 Å². The van der Waals surface area contributed by atoms with Crippen LogP contribution in [0.2, 0.25) is 5.02 Å². The zero-order valence-corrected chi connectivity index (χ0v) is 11.5. The summed E-state index contributed by atoms with van der Waals surface area (Å²) in [5.41, 5.74) is 3.35. The van der Waals surface area contributed by atoms with E-state index in [4.69, 9.17) is 23.8 Å². The van der Waals surface area contributed by atoms with Crippen LogP contribution in [0.15, 0.2) is 47.6 Å². The molecule has 1 aliphatic rings. The quantitative estimate of drug-likeness (QED) is 0.818. The van der Waals surface area contributed by atoms with Gasteiger partial charge in [0.25, 0.3) is 0 Å². The Hall–Kier alpha value is -1.78. The lowest BCUT2D eigenvalue weighted by molar-refractivity contribution is 1.25. The third-order valence-corrected chi connectivity index (χ3v) is 3.37. The molecule has 0 bridgehead atoms. The van der Waals surface area contributed by atoms with Crippen molar-refractivity contribution in [3.8, 4) is 0 Å². The second-order valence-corrected chi connectivity index (χ2v) is 4.99. The Morgan fingerprint density at radius 3 is 2.84 bits per heavy atom. The van der Waals surface area contributed by atoms with E-state index in [1.807, 2.05) is 36.4 Å². The number of anilines is 1. The van der Waals surface area contributed by atoms with Crippen molar-refractivity contribution >= 4 is 40.2 Å². The van der Waals surface area contributed by atoms with Gasteiger partial charge in [0.1, 0.15) is 4.99 Å². The van der Waals surface area contributed by atoms with Gasteiger partial charge in [0.05, 0.1) is 28.7 Å². The van der Waals surface area contributed by atoms with Crippen molar-refractivity contribution < 1.29 is 0 Å². The molecule has 94 valence electrons. The van der Waals surface area contributed by atoms with Gasteiger partial charge < -0.3 is 5.32 Å². The van der Waals surface area contributed by atoms with E-state index >= 15 is 0 Å². The number of aliphatic imine (C=N–C) groups is 1. The smallest absolute Gasteiger partial charge is 0.102 e. The molecular formula is C14H10ClN3S. The van der Waals surface area contributed by atoms with E-state index < -0.39 is 0 Å². The van der Waals surface area contributed by atoms with E-state index in [0.717, 1.165) is 22.7 Å². The number of pyridine rings is 1. The monoisotopic (exact) mass is 287 g/mol. The van der Waals surface area contributed by atoms with Crippen LogP contribution in [-0.2, 0) is 0 Å². The maximum Gasteiger partial charge on any atom is 0.102 e. The third-order valence-electron chi connectivity index (χ3n) is 2.82. The highest BCUT2D eigenvalue weighted by molar-refractivity contribution is 7.80. The highest BCUT2D eigenvalue weighted by Gasteiger charge is 2.18. The number of halogens is 1. The van der Waals surface area contributed by atoms with E-state index in [1.165, 1.54) is 0 Å². The molecule has 0 fully saturated rings. The number of hydrogen-bond acceptors (Lipinski definition) is 3. The lowest BCUT2D eigenvalue weighted by Gasteiger charge is -2.11. The number of rotatable bonds is 1. The first-order valence-corrected chi connectivity index (χ1v) is 6.59. The Labute approximate surface area is 121 Å². The van der Waals surface area contributed by atoms with Gasteiger partial charge >= 0.3 is 0 Å².